The third kappa shape index (κ3) is 4.47. The highest BCUT2D eigenvalue weighted by atomic mass is 35.5. The van der Waals surface area contributed by atoms with Gasteiger partial charge in [-0.15, -0.1) is 0 Å². The van der Waals surface area contributed by atoms with Gasteiger partial charge < -0.3 is 9.88 Å². The molecule has 0 saturated carbocycles. The fourth-order valence-electron chi connectivity index (χ4n) is 2.42. The van der Waals surface area contributed by atoms with Gasteiger partial charge in [-0.05, 0) is 37.6 Å². The zero-order valence-corrected chi connectivity index (χ0v) is 14.0. The Morgan fingerprint density at radius 3 is 2.76 bits per heavy atom. The van der Waals surface area contributed by atoms with Crippen LogP contribution in [0.5, 0.6) is 0 Å². The molecule has 0 aliphatic rings. The second kappa shape index (κ2) is 7.83. The minimum absolute atomic E-state index is 0.293. The van der Waals surface area contributed by atoms with Gasteiger partial charge in [0.1, 0.15) is 5.82 Å². The molecule has 0 amide bonds. The van der Waals surface area contributed by atoms with Gasteiger partial charge in [0.15, 0.2) is 0 Å². The summed E-state index contributed by atoms with van der Waals surface area (Å²) in [5, 5.41) is 4.75. The molecule has 0 saturated heterocycles. The van der Waals surface area contributed by atoms with Gasteiger partial charge in [0, 0.05) is 41.4 Å². The molecule has 2 rings (SSSR count). The van der Waals surface area contributed by atoms with E-state index < -0.39 is 0 Å². The van der Waals surface area contributed by atoms with Gasteiger partial charge in [-0.1, -0.05) is 36.2 Å². The molecule has 1 aromatic carbocycles. The van der Waals surface area contributed by atoms with Crippen molar-refractivity contribution in [2.75, 3.05) is 7.05 Å². The smallest absolute Gasteiger partial charge is 0.110 e. The summed E-state index contributed by atoms with van der Waals surface area (Å²) in [6.45, 7) is 3.18. The Morgan fingerprint density at radius 1 is 1.29 bits per heavy atom. The number of imidazole rings is 1. The Labute approximate surface area is 136 Å². The molecule has 114 valence electrons. The molecule has 1 unspecified atom stereocenters. The Morgan fingerprint density at radius 2 is 2.10 bits per heavy atom. The number of benzene rings is 1. The number of aryl methyl sites for hydroxylation is 1. The first-order chi connectivity index (χ1) is 10.1. The van der Waals surface area contributed by atoms with Crippen molar-refractivity contribution in [3.05, 3.63) is 52.0 Å². The Balaban J connectivity index is 2.07. The molecule has 1 aromatic heterocycles. The summed E-state index contributed by atoms with van der Waals surface area (Å²) >= 11 is 12.2. The van der Waals surface area contributed by atoms with E-state index in [-0.39, 0.29) is 0 Å². The van der Waals surface area contributed by atoms with E-state index in [9.17, 15) is 0 Å². The van der Waals surface area contributed by atoms with Crippen LogP contribution in [0.4, 0.5) is 0 Å². The van der Waals surface area contributed by atoms with E-state index in [1.807, 2.05) is 31.6 Å². The third-order valence-corrected chi connectivity index (χ3v) is 4.17. The maximum atomic E-state index is 6.26. The zero-order valence-electron chi connectivity index (χ0n) is 12.4. The molecular weight excluding hydrogens is 305 g/mol. The van der Waals surface area contributed by atoms with Crippen LogP contribution < -0.4 is 5.32 Å². The maximum absolute atomic E-state index is 6.26. The number of aromatic nitrogens is 2. The first kappa shape index (κ1) is 16.3. The maximum Gasteiger partial charge on any atom is 0.110 e. The highest BCUT2D eigenvalue weighted by Gasteiger charge is 2.14. The van der Waals surface area contributed by atoms with Crippen LogP contribution in [-0.2, 0) is 19.4 Å². The molecule has 1 N–H and O–H groups in total. The summed E-state index contributed by atoms with van der Waals surface area (Å²) in [7, 11) is 1.97. The van der Waals surface area contributed by atoms with Crippen molar-refractivity contribution in [2.45, 2.75) is 38.8 Å². The lowest BCUT2D eigenvalue weighted by Gasteiger charge is -2.17. The standard InChI is InChI=1S/C16H21Cl2N3/c1-3-7-21-8-6-20-16(21)11-14(19-2)9-12-4-5-13(17)10-15(12)18/h4-6,8,10,14,19H,3,7,9,11H2,1-2H3. The van der Waals surface area contributed by atoms with E-state index in [1.165, 1.54) is 0 Å². The lowest BCUT2D eigenvalue weighted by atomic mass is 10.0. The minimum Gasteiger partial charge on any atom is -0.335 e. The largest absolute Gasteiger partial charge is 0.335 e. The predicted octanol–water partition coefficient (Wildman–Crippen LogP) is 3.97. The topological polar surface area (TPSA) is 29.9 Å². The van der Waals surface area contributed by atoms with E-state index in [2.05, 4.69) is 21.8 Å². The number of rotatable bonds is 7. The quantitative estimate of drug-likeness (QED) is 0.834. The number of hydrogen-bond donors (Lipinski definition) is 1. The summed E-state index contributed by atoms with van der Waals surface area (Å²) in [6.07, 6.45) is 6.75. The van der Waals surface area contributed by atoms with Gasteiger partial charge in [0.25, 0.3) is 0 Å². The number of likely N-dealkylation sites (N-methyl/N-ethyl adjacent to an activating group) is 1. The predicted molar refractivity (Wildman–Crippen MR) is 89.2 cm³/mol. The van der Waals surface area contributed by atoms with Crippen molar-refractivity contribution in [2.24, 2.45) is 0 Å². The van der Waals surface area contributed by atoms with Gasteiger partial charge in [0.05, 0.1) is 0 Å². The normalized spacial score (nSPS) is 12.6. The van der Waals surface area contributed by atoms with Crippen LogP contribution in [0.2, 0.25) is 10.0 Å². The molecule has 0 aliphatic carbocycles. The fourth-order valence-corrected chi connectivity index (χ4v) is 2.91. The molecule has 3 nitrogen and oxygen atoms in total. The van der Waals surface area contributed by atoms with Crippen LogP contribution in [0.15, 0.2) is 30.6 Å². The first-order valence-corrected chi connectivity index (χ1v) is 8.00. The lowest BCUT2D eigenvalue weighted by Crippen LogP contribution is -2.31. The van der Waals surface area contributed by atoms with Crippen molar-refractivity contribution < 1.29 is 0 Å². The van der Waals surface area contributed by atoms with Crippen LogP contribution in [-0.4, -0.2) is 22.6 Å². The molecule has 1 heterocycles. The van der Waals surface area contributed by atoms with E-state index in [0.29, 0.717) is 11.1 Å². The summed E-state index contributed by atoms with van der Waals surface area (Å²) in [5.41, 5.74) is 1.11. The molecule has 5 heteroatoms. The Bertz CT molecular complexity index is 581. The second-order valence-electron chi connectivity index (χ2n) is 5.17. The molecular formula is C16H21Cl2N3. The third-order valence-electron chi connectivity index (χ3n) is 3.58. The van der Waals surface area contributed by atoms with E-state index in [1.54, 1.807) is 6.07 Å². The van der Waals surface area contributed by atoms with Crippen LogP contribution >= 0.6 is 23.2 Å². The van der Waals surface area contributed by atoms with Gasteiger partial charge in [0.2, 0.25) is 0 Å². The van der Waals surface area contributed by atoms with Crippen molar-refractivity contribution in [1.29, 1.82) is 0 Å². The molecule has 0 bridgehead atoms. The SMILES string of the molecule is CCCn1ccnc1CC(Cc1ccc(Cl)cc1Cl)NC. The average molecular weight is 326 g/mol. The zero-order chi connectivity index (χ0) is 15.2. The molecule has 0 aliphatic heterocycles. The molecule has 0 fully saturated rings. The van der Waals surface area contributed by atoms with Gasteiger partial charge in [-0.3, -0.25) is 0 Å². The first-order valence-electron chi connectivity index (χ1n) is 7.25. The van der Waals surface area contributed by atoms with Crippen LogP contribution in [0.3, 0.4) is 0 Å². The highest BCUT2D eigenvalue weighted by molar-refractivity contribution is 6.35. The van der Waals surface area contributed by atoms with Crippen molar-refractivity contribution in [3.8, 4) is 0 Å². The van der Waals surface area contributed by atoms with Crippen LogP contribution in [0, 0.1) is 0 Å². The van der Waals surface area contributed by atoms with Gasteiger partial charge in [-0.2, -0.15) is 0 Å². The molecule has 1 atom stereocenters. The van der Waals surface area contributed by atoms with Gasteiger partial charge >= 0.3 is 0 Å². The summed E-state index contributed by atoms with van der Waals surface area (Å²) in [4.78, 5) is 4.47. The Kier molecular flexibility index (Phi) is 6.09. The second-order valence-corrected chi connectivity index (χ2v) is 6.01. The minimum atomic E-state index is 0.293. The molecule has 2 aromatic rings. The number of nitrogens with one attached hydrogen (secondary N) is 1. The average Bonchev–Trinajstić information content (AvgIpc) is 2.88. The summed E-state index contributed by atoms with van der Waals surface area (Å²) in [5.74, 6) is 1.11. The number of halogens is 2. The monoisotopic (exact) mass is 325 g/mol. The molecule has 21 heavy (non-hydrogen) atoms. The van der Waals surface area contributed by atoms with Crippen molar-refractivity contribution >= 4 is 23.2 Å². The van der Waals surface area contributed by atoms with Crippen molar-refractivity contribution in [1.82, 2.24) is 14.9 Å². The molecule has 0 radical (unpaired) electrons. The van der Waals surface area contributed by atoms with Crippen molar-refractivity contribution in [3.63, 3.8) is 0 Å². The number of nitrogens with zero attached hydrogens (tertiary/aromatic N) is 2. The summed E-state index contributed by atoms with van der Waals surface area (Å²) in [6, 6.07) is 5.96. The van der Waals surface area contributed by atoms with Crippen LogP contribution in [0.1, 0.15) is 24.7 Å². The fraction of sp³-hybridized carbons (Fsp3) is 0.438. The van der Waals surface area contributed by atoms with E-state index in [4.69, 9.17) is 23.2 Å². The Hall–Kier alpha value is -1.03. The van der Waals surface area contributed by atoms with E-state index in [0.717, 1.165) is 42.2 Å². The highest BCUT2D eigenvalue weighted by Crippen LogP contribution is 2.22. The number of hydrogen-bond acceptors (Lipinski definition) is 2. The van der Waals surface area contributed by atoms with Crippen LogP contribution in [0.25, 0.3) is 0 Å². The lowest BCUT2D eigenvalue weighted by molar-refractivity contribution is 0.520. The van der Waals surface area contributed by atoms with Gasteiger partial charge in [-0.25, -0.2) is 4.98 Å². The molecule has 0 spiro atoms. The van der Waals surface area contributed by atoms with E-state index >= 15 is 0 Å². The summed E-state index contributed by atoms with van der Waals surface area (Å²) < 4.78 is 2.22.